The Hall–Kier alpha value is -2.72. The number of thioether (sulfide) groups is 1. The second kappa shape index (κ2) is 8.43. The van der Waals surface area contributed by atoms with Crippen molar-refractivity contribution in [1.29, 1.82) is 0 Å². The van der Waals surface area contributed by atoms with Crippen LogP contribution in [0.2, 0.25) is 0 Å². The van der Waals surface area contributed by atoms with Gasteiger partial charge in [-0.25, -0.2) is 8.42 Å². The molecular weight excluding hydrogens is 440 g/mol. The van der Waals surface area contributed by atoms with Gasteiger partial charge in [-0.1, -0.05) is 11.8 Å². The minimum absolute atomic E-state index is 0.00869. The van der Waals surface area contributed by atoms with Crippen LogP contribution in [0, 0.1) is 0 Å². The summed E-state index contributed by atoms with van der Waals surface area (Å²) < 4.78 is 40.3. The molecule has 2 heterocycles. The lowest BCUT2D eigenvalue weighted by Crippen LogP contribution is -2.37. The van der Waals surface area contributed by atoms with Gasteiger partial charge in [-0.2, -0.15) is 4.99 Å². The third-order valence-electron chi connectivity index (χ3n) is 5.25. The highest BCUT2D eigenvalue weighted by Crippen LogP contribution is 2.43. The fourth-order valence-electron chi connectivity index (χ4n) is 3.73. The van der Waals surface area contributed by atoms with Gasteiger partial charge in [0.2, 0.25) is 0 Å². The van der Waals surface area contributed by atoms with Crippen molar-refractivity contribution >= 4 is 38.4 Å². The Morgan fingerprint density at radius 1 is 1.00 bits per heavy atom. The van der Waals surface area contributed by atoms with Crippen LogP contribution in [-0.2, 0) is 9.84 Å². The predicted octanol–water partition coefficient (Wildman–Crippen LogP) is 2.63. The molecule has 0 bridgehead atoms. The standard InChI is InChI=1S/C21H22N2O6S2/c1-27-15-7-4-13(5-8-15)20(24)22-21-23(16-11-31(25,26)12-19(16)30-21)14-6-9-17(28-2)18(10-14)29-3/h4-10,16,19H,11-12H2,1-3H3/t16-,19+/m0/s1. The average Bonchev–Trinajstić information content (AvgIpc) is 3.23. The third-order valence-corrected chi connectivity index (χ3v) is 8.46. The molecule has 2 saturated heterocycles. The number of amidine groups is 1. The summed E-state index contributed by atoms with van der Waals surface area (Å²) in [6.07, 6.45) is 0. The van der Waals surface area contributed by atoms with Crippen LogP contribution in [0.3, 0.4) is 0 Å². The fourth-order valence-corrected chi connectivity index (χ4v) is 7.64. The summed E-state index contributed by atoms with van der Waals surface area (Å²) in [6, 6.07) is 11.7. The first-order chi connectivity index (χ1) is 14.8. The Bertz CT molecular complexity index is 1130. The smallest absolute Gasteiger partial charge is 0.279 e. The first kappa shape index (κ1) is 21.5. The van der Waals surface area contributed by atoms with Gasteiger partial charge >= 0.3 is 0 Å². The lowest BCUT2D eigenvalue weighted by molar-refractivity contribution is 0.100. The number of sulfone groups is 1. The summed E-state index contributed by atoms with van der Waals surface area (Å²) in [4.78, 5) is 19.0. The number of hydrogen-bond acceptors (Lipinski definition) is 7. The maximum atomic E-state index is 12.8. The molecule has 0 radical (unpaired) electrons. The number of rotatable bonds is 5. The van der Waals surface area contributed by atoms with Gasteiger partial charge in [0.1, 0.15) is 5.75 Å². The Morgan fingerprint density at radius 3 is 2.35 bits per heavy atom. The van der Waals surface area contributed by atoms with Crippen molar-refractivity contribution < 1.29 is 27.4 Å². The Labute approximate surface area is 185 Å². The number of ether oxygens (including phenoxy) is 3. The van der Waals surface area contributed by atoms with E-state index in [9.17, 15) is 13.2 Å². The lowest BCUT2D eigenvalue weighted by Gasteiger charge is -2.25. The normalized spacial score (nSPS) is 22.9. The molecular formula is C21H22N2O6S2. The zero-order chi connectivity index (χ0) is 22.2. The molecule has 0 N–H and O–H groups in total. The molecule has 4 rings (SSSR count). The zero-order valence-electron chi connectivity index (χ0n) is 17.3. The molecule has 0 saturated carbocycles. The molecule has 2 atom stereocenters. The number of carbonyl (C=O) groups excluding carboxylic acids is 1. The van der Waals surface area contributed by atoms with E-state index >= 15 is 0 Å². The maximum absolute atomic E-state index is 12.8. The summed E-state index contributed by atoms with van der Waals surface area (Å²) >= 11 is 1.32. The number of amides is 1. The molecule has 1 amide bonds. The molecule has 2 aliphatic heterocycles. The van der Waals surface area contributed by atoms with Gasteiger partial charge in [0.15, 0.2) is 26.5 Å². The van der Waals surface area contributed by atoms with Crippen molar-refractivity contribution in [2.75, 3.05) is 37.7 Å². The van der Waals surface area contributed by atoms with Crippen molar-refractivity contribution in [3.05, 3.63) is 48.0 Å². The van der Waals surface area contributed by atoms with Crippen LogP contribution in [0.5, 0.6) is 17.2 Å². The molecule has 164 valence electrons. The van der Waals surface area contributed by atoms with Crippen LogP contribution in [0.1, 0.15) is 10.4 Å². The van der Waals surface area contributed by atoms with Crippen LogP contribution in [0.15, 0.2) is 47.5 Å². The largest absolute Gasteiger partial charge is 0.497 e. The van der Waals surface area contributed by atoms with Gasteiger partial charge < -0.3 is 19.1 Å². The molecule has 0 aromatic heterocycles. The zero-order valence-corrected chi connectivity index (χ0v) is 18.9. The summed E-state index contributed by atoms with van der Waals surface area (Å²) in [6.45, 7) is 0. The SMILES string of the molecule is COc1ccc(C(=O)N=C2S[C@@H]3CS(=O)(=O)C[C@@H]3N2c2ccc(OC)c(OC)c2)cc1. The number of nitrogens with zero attached hydrogens (tertiary/aromatic N) is 2. The molecule has 2 aromatic carbocycles. The van der Waals surface area contributed by atoms with E-state index in [-0.39, 0.29) is 22.8 Å². The monoisotopic (exact) mass is 462 g/mol. The van der Waals surface area contributed by atoms with E-state index in [4.69, 9.17) is 14.2 Å². The van der Waals surface area contributed by atoms with Crippen LogP contribution in [0.4, 0.5) is 5.69 Å². The van der Waals surface area contributed by atoms with E-state index in [0.29, 0.717) is 33.7 Å². The predicted molar refractivity (Wildman–Crippen MR) is 121 cm³/mol. The summed E-state index contributed by atoms with van der Waals surface area (Å²) in [5, 5.41) is 0.276. The molecule has 2 fully saturated rings. The third kappa shape index (κ3) is 4.22. The highest BCUT2D eigenvalue weighted by Gasteiger charge is 2.49. The van der Waals surface area contributed by atoms with Crippen molar-refractivity contribution in [3.8, 4) is 17.2 Å². The molecule has 0 unspecified atom stereocenters. The number of hydrogen-bond donors (Lipinski definition) is 0. The van der Waals surface area contributed by atoms with Crippen molar-refractivity contribution in [1.82, 2.24) is 0 Å². The number of aliphatic imine (C=N–C) groups is 1. The maximum Gasteiger partial charge on any atom is 0.279 e. The number of benzene rings is 2. The van der Waals surface area contributed by atoms with E-state index in [1.165, 1.54) is 18.9 Å². The number of methoxy groups -OCH3 is 3. The number of carbonyl (C=O) groups is 1. The van der Waals surface area contributed by atoms with Gasteiger partial charge in [0.25, 0.3) is 5.91 Å². The van der Waals surface area contributed by atoms with E-state index < -0.39 is 15.7 Å². The molecule has 2 aromatic rings. The highest BCUT2D eigenvalue weighted by atomic mass is 32.2. The quantitative estimate of drug-likeness (QED) is 0.669. The van der Waals surface area contributed by atoms with Gasteiger partial charge in [-0.15, -0.1) is 0 Å². The van der Waals surface area contributed by atoms with E-state index in [0.717, 1.165) is 0 Å². The topological polar surface area (TPSA) is 94.5 Å². The van der Waals surface area contributed by atoms with Gasteiger partial charge in [-0.3, -0.25) is 4.79 Å². The van der Waals surface area contributed by atoms with E-state index in [2.05, 4.69) is 4.99 Å². The lowest BCUT2D eigenvalue weighted by atomic mass is 10.2. The van der Waals surface area contributed by atoms with Crippen LogP contribution in [-0.4, -0.2) is 63.6 Å². The Morgan fingerprint density at radius 2 is 1.71 bits per heavy atom. The number of fused-ring (bicyclic) bond motifs is 1. The minimum Gasteiger partial charge on any atom is -0.497 e. The van der Waals surface area contributed by atoms with E-state index in [1.54, 1.807) is 50.6 Å². The Balaban J connectivity index is 1.72. The second-order valence-corrected chi connectivity index (χ2v) is 10.5. The van der Waals surface area contributed by atoms with Gasteiger partial charge in [0, 0.05) is 22.6 Å². The number of anilines is 1. The molecule has 2 aliphatic rings. The minimum atomic E-state index is -3.16. The summed E-state index contributed by atoms with van der Waals surface area (Å²) in [5.74, 6) is 1.37. The second-order valence-electron chi connectivity index (χ2n) is 7.14. The summed E-state index contributed by atoms with van der Waals surface area (Å²) in [7, 11) is 1.47. The molecule has 0 spiro atoms. The summed E-state index contributed by atoms with van der Waals surface area (Å²) in [5.41, 5.74) is 1.11. The van der Waals surface area contributed by atoms with Crippen molar-refractivity contribution in [2.24, 2.45) is 4.99 Å². The van der Waals surface area contributed by atoms with Gasteiger partial charge in [-0.05, 0) is 36.4 Å². The highest BCUT2D eigenvalue weighted by molar-refractivity contribution is 8.16. The first-order valence-corrected chi connectivity index (χ1v) is 12.2. The molecule has 0 aliphatic carbocycles. The Kier molecular flexibility index (Phi) is 5.85. The van der Waals surface area contributed by atoms with Crippen molar-refractivity contribution in [3.63, 3.8) is 0 Å². The van der Waals surface area contributed by atoms with Crippen LogP contribution >= 0.6 is 11.8 Å². The van der Waals surface area contributed by atoms with Gasteiger partial charge in [0.05, 0.1) is 38.9 Å². The fraction of sp³-hybridized carbons (Fsp3) is 0.333. The molecule has 10 heteroatoms. The first-order valence-electron chi connectivity index (χ1n) is 9.50. The van der Waals surface area contributed by atoms with Crippen LogP contribution in [0.25, 0.3) is 0 Å². The van der Waals surface area contributed by atoms with Crippen molar-refractivity contribution in [2.45, 2.75) is 11.3 Å². The van der Waals surface area contributed by atoms with E-state index in [1.807, 2.05) is 11.0 Å². The van der Waals surface area contributed by atoms with Crippen LogP contribution < -0.4 is 19.1 Å². The average molecular weight is 463 g/mol. The molecule has 8 nitrogen and oxygen atoms in total. The molecule has 31 heavy (non-hydrogen) atoms.